The number of carbonyl (C=O) groups excluding carboxylic acids is 1. The lowest BCUT2D eigenvalue weighted by molar-refractivity contribution is -0.137. The molecule has 0 saturated carbocycles. The van der Waals surface area contributed by atoms with Crippen LogP contribution in [0.15, 0.2) is 59.8 Å². The van der Waals surface area contributed by atoms with Crippen molar-refractivity contribution in [3.63, 3.8) is 0 Å². The van der Waals surface area contributed by atoms with Crippen LogP contribution in [0.25, 0.3) is 5.69 Å². The average Bonchev–Trinajstić information content (AvgIpc) is 3.21. The number of aryl methyl sites for hydroxylation is 1. The van der Waals surface area contributed by atoms with Gasteiger partial charge in [-0.15, -0.1) is 0 Å². The predicted molar refractivity (Wildman–Crippen MR) is 102 cm³/mol. The quantitative estimate of drug-likeness (QED) is 0.611. The highest BCUT2D eigenvalue weighted by atomic mass is 32.2. The fraction of sp³-hybridized carbons (Fsp3) is 0.158. The second kappa shape index (κ2) is 7.82. The Bertz CT molecular complexity index is 1190. The summed E-state index contributed by atoms with van der Waals surface area (Å²) in [6.45, 7) is 1.50. The minimum Gasteiger partial charge on any atom is -0.465 e. The minimum absolute atomic E-state index is 0.0141. The highest BCUT2D eigenvalue weighted by Gasteiger charge is 2.32. The van der Waals surface area contributed by atoms with Crippen molar-refractivity contribution in [2.75, 3.05) is 11.8 Å². The number of rotatable bonds is 5. The number of benzene rings is 2. The lowest BCUT2D eigenvalue weighted by atomic mass is 10.1. The van der Waals surface area contributed by atoms with Crippen molar-refractivity contribution >= 4 is 21.7 Å². The van der Waals surface area contributed by atoms with Gasteiger partial charge < -0.3 is 4.74 Å². The number of nitrogens with one attached hydrogen (secondary N) is 1. The smallest absolute Gasteiger partial charge is 0.416 e. The Morgan fingerprint density at radius 1 is 1.17 bits per heavy atom. The van der Waals surface area contributed by atoms with Crippen LogP contribution in [-0.4, -0.2) is 31.3 Å². The number of aromatic nitrogens is 2. The molecule has 0 aliphatic heterocycles. The number of hydrogen-bond donors (Lipinski definition) is 1. The molecule has 0 aliphatic carbocycles. The molecule has 0 aliphatic rings. The molecule has 0 amide bonds. The van der Waals surface area contributed by atoms with Crippen LogP contribution in [0.2, 0.25) is 0 Å². The first-order valence-electron chi connectivity index (χ1n) is 8.46. The molecule has 0 spiro atoms. The summed E-state index contributed by atoms with van der Waals surface area (Å²) in [6, 6.07) is 8.07. The van der Waals surface area contributed by atoms with Crippen molar-refractivity contribution in [1.29, 1.82) is 0 Å². The summed E-state index contributed by atoms with van der Waals surface area (Å²) in [4.78, 5) is 11.5. The van der Waals surface area contributed by atoms with E-state index in [-0.39, 0.29) is 21.8 Å². The van der Waals surface area contributed by atoms with Gasteiger partial charge in [-0.2, -0.15) is 18.3 Å². The normalized spacial score (nSPS) is 11.9. The van der Waals surface area contributed by atoms with E-state index >= 15 is 0 Å². The summed E-state index contributed by atoms with van der Waals surface area (Å²) in [5.41, 5.74) is -0.978. The van der Waals surface area contributed by atoms with E-state index in [0.717, 1.165) is 25.3 Å². The summed E-state index contributed by atoms with van der Waals surface area (Å²) in [6.07, 6.45) is -1.81. The zero-order valence-corrected chi connectivity index (χ0v) is 16.6. The van der Waals surface area contributed by atoms with Gasteiger partial charge in [0.25, 0.3) is 10.0 Å². The Hall–Kier alpha value is -3.34. The van der Waals surface area contributed by atoms with Gasteiger partial charge in [0.1, 0.15) is 0 Å². The van der Waals surface area contributed by atoms with Gasteiger partial charge in [0.15, 0.2) is 0 Å². The first-order valence-corrected chi connectivity index (χ1v) is 9.94. The molecule has 158 valence electrons. The maximum Gasteiger partial charge on any atom is 0.416 e. The SMILES string of the molecule is COC(=O)c1ccc(C)c(S(=O)(=O)Nc2cc(C(F)(F)F)ccc2-n2cccn2)c1. The number of nitrogens with zero attached hydrogens (tertiary/aromatic N) is 2. The molecule has 3 aromatic rings. The zero-order chi connectivity index (χ0) is 22.1. The van der Waals surface area contributed by atoms with E-state index in [9.17, 15) is 26.4 Å². The number of methoxy groups -OCH3 is 1. The molecule has 1 N–H and O–H groups in total. The number of alkyl halides is 3. The van der Waals surface area contributed by atoms with Crippen molar-refractivity contribution in [2.24, 2.45) is 0 Å². The van der Waals surface area contributed by atoms with Gasteiger partial charge in [-0.25, -0.2) is 17.9 Å². The first kappa shape index (κ1) is 21.4. The number of sulfonamides is 1. The Morgan fingerprint density at radius 2 is 1.90 bits per heavy atom. The Morgan fingerprint density at radius 3 is 2.50 bits per heavy atom. The van der Waals surface area contributed by atoms with Crippen LogP contribution >= 0.6 is 0 Å². The largest absolute Gasteiger partial charge is 0.465 e. The summed E-state index contributed by atoms with van der Waals surface area (Å²) >= 11 is 0. The molecule has 2 aromatic carbocycles. The molecule has 7 nitrogen and oxygen atoms in total. The summed E-state index contributed by atoms with van der Waals surface area (Å²) in [5, 5.41) is 3.95. The van der Waals surface area contributed by atoms with Crippen LogP contribution in [-0.2, 0) is 20.9 Å². The summed E-state index contributed by atoms with van der Waals surface area (Å²) < 4.78 is 73.6. The molecule has 0 unspecified atom stereocenters. The van der Waals surface area contributed by atoms with Gasteiger partial charge in [0, 0.05) is 12.4 Å². The molecule has 1 heterocycles. The van der Waals surface area contributed by atoms with Gasteiger partial charge in [-0.1, -0.05) is 6.07 Å². The van der Waals surface area contributed by atoms with Crippen molar-refractivity contribution in [1.82, 2.24) is 9.78 Å². The lowest BCUT2D eigenvalue weighted by Gasteiger charge is -2.16. The third kappa shape index (κ3) is 4.30. The third-order valence-corrected chi connectivity index (χ3v) is 5.73. The standard InChI is InChI=1S/C19H16F3N3O4S/c1-12-4-5-13(18(26)29-2)10-17(12)30(27,28)24-15-11-14(19(20,21)22)6-7-16(15)25-9-3-8-23-25/h3-11,24H,1-2H3. The summed E-state index contributed by atoms with van der Waals surface area (Å²) in [5.74, 6) is -0.747. The van der Waals surface area contributed by atoms with E-state index in [0.29, 0.717) is 11.6 Å². The molecule has 0 bridgehead atoms. The molecular formula is C19H16F3N3O4S. The number of hydrogen-bond acceptors (Lipinski definition) is 5. The molecule has 1 aromatic heterocycles. The first-order chi connectivity index (χ1) is 14.0. The molecule has 0 atom stereocenters. The number of anilines is 1. The van der Waals surface area contributed by atoms with Gasteiger partial charge >= 0.3 is 12.1 Å². The second-order valence-corrected chi connectivity index (χ2v) is 7.91. The molecule has 3 rings (SSSR count). The monoisotopic (exact) mass is 439 g/mol. The van der Waals surface area contributed by atoms with Crippen LogP contribution in [0.1, 0.15) is 21.5 Å². The highest BCUT2D eigenvalue weighted by molar-refractivity contribution is 7.92. The Labute approximate surface area is 170 Å². The van der Waals surface area contributed by atoms with Gasteiger partial charge in [-0.05, 0) is 48.9 Å². The number of esters is 1. The van der Waals surface area contributed by atoms with Crippen LogP contribution < -0.4 is 4.72 Å². The van der Waals surface area contributed by atoms with E-state index in [1.54, 1.807) is 6.07 Å². The van der Waals surface area contributed by atoms with Crippen LogP contribution in [0.3, 0.4) is 0 Å². The number of ether oxygens (including phenoxy) is 1. The Kier molecular flexibility index (Phi) is 5.57. The molecule has 0 saturated heterocycles. The molecule has 11 heteroatoms. The molecule has 30 heavy (non-hydrogen) atoms. The van der Waals surface area contributed by atoms with Crippen molar-refractivity contribution in [2.45, 2.75) is 18.0 Å². The maximum atomic E-state index is 13.2. The van der Waals surface area contributed by atoms with E-state index in [2.05, 4.69) is 14.6 Å². The van der Waals surface area contributed by atoms with Crippen LogP contribution in [0.5, 0.6) is 0 Å². The summed E-state index contributed by atoms with van der Waals surface area (Å²) in [7, 11) is -3.20. The van der Waals surface area contributed by atoms with E-state index in [1.165, 1.54) is 36.1 Å². The molecular weight excluding hydrogens is 423 g/mol. The highest BCUT2D eigenvalue weighted by Crippen LogP contribution is 2.34. The second-order valence-electron chi connectivity index (χ2n) is 6.26. The van der Waals surface area contributed by atoms with E-state index < -0.39 is 27.7 Å². The Balaban J connectivity index is 2.12. The fourth-order valence-electron chi connectivity index (χ4n) is 2.74. The van der Waals surface area contributed by atoms with Crippen molar-refractivity contribution in [3.05, 3.63) is 71.5 Å². The molecule has 0 radical (unpaired) electrons. The predicted octanol–water partition coefficient (Wildman–Crippen LogP) is 3.79. The van der Waals surface area contributed by atoms with Crippen LogP contribution in [0.4, 0.5) is 18.9 Å². The van der Waals surface area contributed by atoms with Crippen LogP contribution in [0, 0.1) is 6.92 Å². The third-order valence-electron chi connectivity index (χ3n) is 4.22. The van der Waals surface area contributed by atoms with E-state index in [1.807, 2.05) is 0 Å². The van der Waals surface area contributed by atoms with Crippen molar-refractivity contribution in [3.8, 4) is 5.69 Å². The van der Waals surface area contributed by atoms with Gasteiger partial charge in [-0.3, -0.25) is 4.72 Å². The fourth-order valence-corrected chi connectivity index (χ4v) is 4.08. The molecule has 0 fully saturated rings. The minimum atomic E-state index is -4.68. The number of carbonyl (C=O) groups is 1. The van der Waals surface area contributed by atoms with Gasteiger partial charge in [0.05, 0.1) is 34.5 Å². The van der Waals surface area contributed by atoms with Crippen molar-refractivity contribution < 1.29 is 31.1 Å². The number of halogens is 3. The lowest BCUT2D eigenvalue weighted by Crippen LogP contribution is -2.18. The zero-order valence-electron chi connectivity index (χ0n) is 15.8. The van der Waals surface area contributed by atoms with Gasteiger partial charge in [0.2, 0.25) is 0 Å². The van der Waals surface area contributed by atoms with E-state index in [4.69, 9.17) is 0 Å². The maximum absolute atomic E-state index is 13.2. The topological polar surface area (TPSA) is 90.3 Å². The average molecular weight is 439 g/mol.